The molecule has 29 heavy (non-hydrogen) atoms. The summed E-state index contributed by atoms with van der Waals surface area (Å²) in [5.74, 6) is 3.24. The average molecular weight is 396 g/mol. The predicted molar refractivity (Wildman–Crippen MR) is 107 cm³/mol. The molecule has 3 aliphatic rings. The molecule has 0 aromatic heterocycles. The van der Waals surface area contributed by atoms with Crippen molar-refractivity contribution >= 4 is 11.9 Å². The molecule has 1 aromatic rings. The Labute approximate surface area is 171 Å². The Balaban J connectivity index is 1.69. The van der Waals surface area contributed by atoms with Gasteiger partial charge in [-0.1, -0.05) is 18.9 Å². The fourth-order valence-electron chi connectivity index (χ4n) is 6.54. The van der Waals surface area contributed by atoms with Crippen molar-refractivity contribution in [3.63, 3.8) is 0 Å². The molecule has 154 valence electrons. The summed E-state index contributed by atoms with van der Waals surface area (Å²) in [5, 5.41) is 11.2. The second-order valence-corrected chi connectivity index (χ2v) is 9.08. The zero-order valence-corrected chi connectivity index (χ0v) is 17.2. The Morgan fingerprint density at radius 3 is 2.66 bits per heavy atom. The van der Waals surface area contributed by atoms with E-state index in [2.05, 4.69) is 12.8 Å². The van der Waals surface area contributed by atoms with Crippen LogP contribution < -0.4 is 4.74 Å². The molecule has 2 saturated carbocycles. The van der Waals surface area contributed by atoms with Gasteiger partial charge in [0.25, 0.3) is 0 Å². The molecule has 0 saturated heterocycles. The van der Waals surface area contributed by atoms with E-state index in [1.54, 1.807) is 0 Å². The van der Waals surface area contributed by atoms with Crippen LogP contribution in [-0.2, 0) is 20.7 Å². The molecular weight excluding hydrogens is 368 g/mol. The number of carbonyl (C=O) groups is 2. The minimum absolute atomic E-state index is 0.0223. The summed E-state index contributed by atoms with van der Waals surface area (Å²) in [5.41, 5.74) is 0.879. The number of benzene rings is 1. The number of rotatable bonds is 2. The van der Waals surface area contributed by atoms with E-state index in [0.29, 0.717) is 18.6 Å². The molecule has 0 aliphatic heterocycles. The fraction of sp³-hybridized carbons (Fsp3) is 0.583. The number of terminal acetylenes is 1. The van der Waals surface area contributed by atoms with Crippen LogP contribution in [0.3, 0.4) is 0 Å². The van der Waals surface area contributed by atoms with Gasteiger partial charge in [0.05, 0.1) is 6.10 Å². The molecule has 6 atom stereocenters. The van der Waals surface area contributed by atoms with Crippen LogP contribution in [0.1, 0.15) is 63.5 Å². The SMILES string of the molecule is C#C[C@]1(OC(C)=O)CC[C@H]2[C@H]3CCc4cc(OC(C)=O)ccc4[C@@H]3[C@@H](O)C[C@]21C. The van der Waals surface area contributed by atoms with Gasteiger partial charge in [-0.05, 0) is 67.2 Å². The zero-order chi connectivity index (χ0) is 21.0. The Morgan fingerprint density at radius 2 is 2.00 bits per heavy atom. The van der Waals surface area contributed by atoms with Crippen molar-refractivity contribution in [1.29, 1.82) is 0 Å². The summed E-state index contributed by atoms with van der Waals surface area (Å²) < 4.78 is 11.0. The lowest BCUT2D eigenvalue weighted by Gasteiger charge is -2.54. The summed E-state index contributed by atoms with van der Waals surface area (Å²) in [6.07, 6.45) is 9.16. The summed E-state index contributed by atoms with van der Waals surface area (Å²) in [4.78, 5) is 23.1. The number of esters is 2. The molecule has 3 aliphatic carbocycles. The molecule has 0 radical (unpaired) electrons. The zero-order valence-electron chi connectivity index (χ0n) is 17.2. The number of carbonyl (C=O) groups excluding carboxylic acids is 2. The molecule has 0 unspecified atom stereocenters. The quantitative estimate of drug-likeness (QED) is 0.471. The molecule has 0 heterocycles. The van der Waals surface area contributed by atoms with Gasteiger partial charge in [0.1, 0.15) is 5.75 Å². The van der Waals surface area contributed by atoms with E-state index in [-0.39, 0.29) is 29.7 Å². The highest BCUT2D eigenvalue weighted by Crippen LogP contribution is 2.65. The second-order valence-electron chi connectivity index (χ2n) is 9.08. The van der Waals surface area contributed by atoms with Crippen LogP contribution in [0.25, 0.3) is 0 Å². The molecule has 2 fully saturated rings. The number of aryl methyl sites for hydroxylation is 1. The van der Waals surface area contributed by atoms with Gasteiger partial charge in [-0.15, -0.1) is 6.42 Å². The molecular formula is C24H28O5. The minimum atomic E-state index is -0.949. The van der Waals surface area contributed by atoms with E-state index in [9.17, 15) is 14.7 Å². The monoisotopic (exact) mass is 396 g/mol. The number of fused-ring (bicyclic) bond motifs is 5. The van der Waals surface area contributed by atoms with E-state index >= 15 is 0 Å². The van der Waals surface area contributed by atoms with Crippen LogP contribution in [-0.4, -0.2) is 28.8 Å². The third-order valence-electron chi connectivity index (χ3n) is 7.61. The van der Waals surface area contributed by atoms with Crippen molar-refractivity contribution in [3.05, 3.63) is 29.3 Å². The van der Waals surface area contributed by atoms with Crippen LogP contribution >= 0.6 is 0 Å². The lowest BCUT2D eigenvalue weighted by molar-refractivity contribution is -0.171. The molecule has 0 spiro atoms. The minimum Gasteiger partial charge on any atom is -0.445 e. The van der Waals surface area contributed by atoms with Gasteiger partial charge in [0, 0.05) is 25.2 Å². The van der Waals surface area contributed by atoms with Gasteiger partial charge in [-0.25, -0.2) is 0 Å². The van der Waals surface area contributed by atoms with Crippen LogP contribution in [0.2, 0.25) is 0 Å². The number of ether oxygens (including phenoxy) is 2. The van der Waals surface area contributed by atoms with Crippen molar-refractivity contribution in [2.75, 3.05) is 0 Å². The maximum absolute atomic E-state index is 11.8. The summed E-state index contributed by atoms with van der Waals surface area (Å²) >= 11 is 0. The molecule has 0 amide bonds. The highest BCUT2D eigenvalue weighted by Gasteiger charge is 2.65. The van der Waals surface area contributed by atoms with Crippen LogP contribution in [0, 0.1) is 29.6 Å². The Hall–Kier alpha value is -2.32. The van der Waals surface area contributed by atoms with E-state index in [4.69, 9.17) is 15.9 Å². The molecule has 1 N–H and O–H groups in total. The predicted octanol–water partition coefficient (Wildman–Crippen LogP) is 3.37. The highest BCUT2D eigenvalue weighted by molar-refractivity contribution is 5.69. The Kier molecular flexibility index (Phi) is 4.74. The molecule has 5 heteroatoms. The first kappa shape index (κ1) is 20.0. The maximum atomic E-state index is 11.8. The van der Waals surface area contributed by atoms with E-state index in [1.807, 2.05) is 18.2 Å². The van der Waals surface area contributed by atoms with Gasteiger partial charge >= 0.3 is 11.9 Å². The molecule has 4 rings (SSSR count). The maximum Gasteiger partial charge on any atom is 0.308 e. The van der Waals surface area contributed by atoms with Crippen molar-refractivity contribution in [1.82, 2.24) is 0 Å². The van der Waals surface area contributed by atoms with Crippen molar-refractivity contribution in [2.45, 2.75) is 70.5 Å². The highest BCUT2D eigenvalue weighted by atomic mass is 16.6. The van der Waals surface area contributed by atoms with Crippen molar-refractivity contribution in [3.8, 4) is 18.1 Å². The van der Waals surface area contributed by atoms with E-state index in [1.165, 1.54) is 13.8 Å². The molecule has 1 aromatic carbocycles. The third-order valence-corrected chi connectivity index (χ3v) is 7.61. The topological polar surface area (TPSA) is 72.8 Å². The normalized spacial score (nSPS) is 37.5. The van der Waals surface area contributed by atoms with E-state index < -0.39 is 17.1 Å². The number of aliphatic hydroxyl groups is 1. The molecule has 0 bridgehead atoms. The average Bonchev–Trinajstić information content (AvgIpc) is 2.92. The van der Waals surface area contributed by atoms with Gasteiger partial charge in [0.15, 0.2) is 5.60 Å². The lowest BCUT2D eigenvalue weighted by Crippen LogP contribution is -2.55. The first-order valence-corrected chi connectivity index (χ1v) is 10.4. The first-order valence-electron chi connectivity index (χ1n) is 10.4. The lowest BCUT2D eigenvalue weighted by atomic mass is 9.52. The van der Waals surface area contributed by atoms with Crippen LogP contribution in [0.5, 0.6) is 5.75 Å². The Bertz CT molecular complexity index is 899. The van der Waals surface area contributed by atoms with Gasteiger partial charge < -0.3 is 14.6 Å². The molecule has 5 nitrogen and oxygen atoms in total. The largest absolute Gasteiger partial charge is 0.445 e. The Morgan fingerprint density at radius 1 is 1.24 bits per heavy atom. The summed E-state index contributed by atoms with van der Waals surface area (Å²) in [6.45, 7) is 4.88. The second kappa shape index (κ2) is 6.88. The van der Waals surface area contributed by atoms with Gasteiger partial charge in [-0.3, -0.25) is 9.59 Å². The number of hydrogen-bond acceptors (Lipinski definition) is 5. The fourth-order valence-corrected chi connectivity index (χ4v) is 6.54. The number of hydrogen-bond donors (Lipinski definition) is 1. The van der Waals surface area contributed by atoms with Crippen molar-refractivity contribution in [2.24, 2.45) is 17.3 Å². The van der Waals surface area contributed by atoms with Crippen molar-refractivity contribution < 1.29 is 24.2 Å². The van der Waals surface area contributed by atoms with Crippen LogP contribution in [0.4, 0.5) is 0 Å². The number of aliphatic hydroxyl groups excluding tert-OH is 1. The third kappa shape index (κ3) is 2.97. The van der Waals surface area contributed by atoms with Gasteiger partial charge in [-0.2, -0.15) is 0 Å². The van der Waals surface area contributed by atoms with Crippen LogP contribution in [0.15, 0.2) is 18.2 Å². The summed E-state index contributed by atoms with van der Waals surface area (Å²) in [6, 6.07) is 5.72. The first-order chi connectivity index (χ1) is 13.7. The smallest absolute Gasteiger partial charge is 0.308 e. The van der Waals surface area contributed by atoms with E-state index in [0.717, 1.165) is 30.4 Å². The summed E-state index contributed by atoms with van der Waals surface area (Å²) in [7, 11) is 0. The standard InChI is InChI=1S/C24H28O5/c1-5-24(29-15(3)26)11-10-20-19-8-6-16-12-17(28-14(2)25)7-9-18(16)22(19)21(27)13-23(20,24)4/h1,7,9,12,19-22,27H,6,8,10-11,13H2,2-4H3/t19-,20+,21+,22+,23-,24+/m1/s1. The van der Waals surface area contributed by atoms with Gasteiger partial charge in [0.2, 0.25) is 0 Å².